The zero-order chi connectivity index (χ0) is 19.7. The summed E-state index contributed by atoms with van der Waals surface area (Å²) in [6.45, 7) is 13.5. The van der Waals surface area contributed by atoms with Crippen molar-refractivity contribution in [1.82, 2.24) is 20.4 Å². The SMILES string of the molecule is CN=C(NCCN1CCCN(C)CC1)NCc1ccccc1OC(C)(C)C.I. The molecule has 1 aliphatic heterocycles. The van der Waals surface area contributed by atoms with Crippen LogP contribution in [0.4, 0.5) is 0 Å². The smallest absolute Gasteiger partial charge is 0.191 e. The van der Waals surface area contributed by atoms with Crippen molar-refractivity contribution in [2.45, 2.75) is 39.3 Å². The molecule has 0 bridgehead atoms. The van der Waals surface area contributed by atoms with Gasteiger partial charge in [0.05, 0.1) is 0 Å². The molecule has 28 heavy (non-hydrogen) atoms. The van der Waals surface area contributed by atoms with Crippen molar-refractivity contribution in [2.75, 3.05) is 53.4 Å². The Kier molecular flexibility index (Phi) is 11.1. The first-order valence-corrected chi connectivity index (χ1v) is 10.00. The molecule has 1 saturated heterocycles. The maximum absolute atomic E-state index is 6.07. The van der Waals surface area contributed by atoms with E-state index in [-0.39, 0.29) is 29.6 Å². The minimum atomic E-state index is -0.211. The van der Waals surface area contributed by atoms with Crippen LogP contribution >= 0.6 is 24.0 Å². The van der Waals surface area contributed by atoms with E-state index in [9.17, 15) is 0 Å². The van der Waals surface area contributed by atoms with Gasteiger partial charge in [-0.3, -0.25) is 4.99 Å². The van der Waals surface area contributed by atoms with Crippen LogP contribution in [0.2, 0.25) is 0 Å². The van der Waals surface area contributed by atoms with Crippen molar-refractivity contribution >= 4 is 29.9 Å². The van der Waals surface area contributed by atoms with Crippen LogP contribution < -0.4 is 15.4 Å². The van der Waals surface area contributed by atoms with E-state index in [0.29, 0.717) is 6.54 Å². The Morgan fingerprint density at radius 2 is 1.86 bits per heavy atom. The topological polar surface area (TPSA) is 52.1 Å². The summed E-state index contributed by atoms with van der Waals surface area (Å²) in [7, 11) is 4.02. The molecule has 0 spiro atoms. The lowest BCUT2D eigenvalue weighted by Crippen LogP contribution is -2.42. The lowest BCUT2D eigenvalue weighted by molar-refractivity contribution is 0.129. The van der Waals surface area contributed by atoms with Gasteiger partial charge in [-0.05, 0) is 53.4 Å². The number of benzene rings is 1. The number of guanidine groups is 1. The molecule has 7 heteroatoms. The monoisotopic (exact) mass is 503 g/mol. The molecule has 0 atom stereocenters. The summed E-state index contributed by atoms with van der Waals surface area (Å²) < 4.78 is 6.07. The molecule has 2 rings (SSSR count). The molecule has 1 heterocycles. The first kappa shape index (κ1) is 25.0. The highest BCUT2D eigenvalue weighted by Gasteiger charge is 2.15. The first-order valence-electron chi connectivity index (χ1n) is 10.00. The van der Waals surface area contributed by atoms with E-state index in [2.05, 4.69) is 59.3 Å². The van der Waals surface area contributed by atoms with E-state index in [1.165, 1.54) is 19.5 Å². The molecule has 1 aromatic carbocycles. The summed E-state index contributed by atoms with van der Waals surface area (Å²) in [5.74, 6) is 1.74. The predicted molar refractivity (Wildman–Crippen MR) is 129 cm³/mol. The summed E-state index contributed by atoms with van der Waals surface area (Å²) in [5.41, 5.74) is 0.919. The number of hydrogen-bond acceptors (Lipinski definition) is 4. The highest BCUT2D eigenvalue weighted by atomic mass is 127. The second-order valence-corrected chi connectivity index (χ2v) is 8.17. The van der Waals surface area contributed by atoms with Gasteiger partial charge in [0, 0.05) is 45.3 Å². The predicted octanol–water partition coefficient (Wildman–Crippen LogP) is 2.78. The highest BCUT2D eigenvalue weighted by molar-refractivity contribution is 14.0. The summed E-state index contributed by atoms with van der Waals surface area (Å²) in [6.07, 6.45) is 1.24. The third kappa shape index (κ3) is 9.43. The van der Waals surface area contributed by atoms with Gasteiger partial charge in [-0.15, -0.1) is 24.0 Å². The fourth-order valence-electron chi connectivity index (χ4n) is 3.13. The fraction of sp³-hybridized carbons (Fsp3) is 0.667. The minimum Gasteiger partial charge on any atom is -0.488 e. The molecule has 0 unspecified atom stereocenters. The maximum atomic E-state index is 6.07. The molecule has 1 fully saturated rings. The molecule has 0 saturated carbocycles. The number of ether oxygens (including phenoxy) is 1. The largest absolute Gasteiger partial charge is 0.488 e. The third-order valence-electron chi connectivity index (χ3n) is 4.59. The van der Waals surface area contributed by atoms with Crippen molar-refractivity contribution in [3.8, 4) is 5.75 Å². The van der Waals surface area contributed by atoms with Crippen molar-refractivity contribution < 1.29 is 4.74 Å². The number of nitrogens with zero attached hydrogens (tertiary/aromatic N) is 3. The van der Waals surface area contributed by atoms with Crippen molar-refractivity contribution in [1.29, 1.82) is 0 Å². The molecule has 160 valence electrons. The van der Waals surface area contributed by atoms with Gasteiger partial charge in [-0.25, -0.2) is 0 Å². The maximum Gasteiger partial charge on any atom is 0.191 e. The van der Waals surface area contributed by atoms with Gasteiger partial charge in [0.15, 0.2) is 5.96 Å². The van der Waals surface area contributed by atoms with E-state index in [4.69, 9.17) is 4.74 Å². The molecule has 1 aliphatic rings. The van der Waals surface area contributed by atoms with Crippen LogP contribution in [0, 0.1) is 0 Å². The Morgan fingerprint density at radius 1 is 1.11 bits per heavy atom. The van der Waals surface area contributed by atoms with Gasteiger partial charge in [0.1, 0.15) is 11.4 Å². The number of hydrogen-bond donors (Lipinski definition) is 2. The Morgan fingerprint density at radius 3 is 2.57 bits per heavy atom. The molecular weight excluding hydrogens is 465 g/mol. The molecule has 0 radical (unpaired) electrons. The zero-order valence-corrected chi connectivity index (χ0v) is 20.5. The number of aliphatic imine (C=N–C) groups is 1. The summed E-state index contributed by atoms with van der Waals surface area (Å²) in [6, 6.07) is 8.17. The van der Waals surface area contributed by atoms with E-state index in [0.717, 1.165) is 43.5 Å². The quantitative estimate of drug-likeness (QED) is 0.355. The standard InChI is InChI=1S/C21H37N5O.HI/c1-21(2,3)27-19-10-7-6-9-18(19)17-24-20(22-4)23-11-14-26-13-8-12-25(5)15-16-26;/h6-7,9-10H,8,11-17H2,1-5H3,(H2,22,23,24);1H. The van der Waals surface area contributed by atoms with E-state index in [1.807, 2.05) is 25.2 Å². The van der Waals surface area contributed by atoms with E-state index < -0.39 is 0 Å². The number of nitrogens with one attached hydrogen (secondary N) is 2. The Labute approximate surface area is 188 Å². The highest BCUT2D eigenvalue weighted by Crippen LogP contribution is 2.22. The number of likely N-dealkylation sites (N-methyl/N-ethyl adjacent to an activating group) is 1. The molecule has 1 aromatic rings. The van der Waals surface area contributed by atoms with E-state index in [1.54, 1.807) is 0 Å². The van der Waals surface area contributed by atoms with Gasteiger partial charge in [0.2, 0.25) is 0 Å². The van der Waals surface area contributed by atoms with Crippen molar-refractivity contribution in [2.24, 2.45) is 4.99 Å². The van der Waals surface area contributed by atoms with Crippen molar-refractivity contribution in [3.63, 3.8) is 0 Å². The Balaban J connectivity index is 0.00000392. The first-order chi connectivity index (χ1) is 12.9. The van der Waals surface area contributed by atoms with Crippen LogP contribution in [0.25, 0.3) is 0 Å². The molecule has 0 aromatic heterocycles. The summed E-state index contributed by atoms with van der Waals surface area (Å²) in [4.78, 5) is 9.28. The molecule has 2 N–H and O–H groups in total. The lowest BCUT2D eigenvalue weighted by atomic mass is 10.1. The van der Waals surface area contributed by atoms with Gasteiger partial charge in [-0.2, -0.15) is 0 Å². The average Bonchev–Trinajstić information content (AvgIpc) is 2.82. The zero-order valence-electron chi connectivity index (χ0n) is 18.1. The van der Waals surface area contributed by atoms with Crippen molar-refractivity contribution in [3.05, 3.63) is 29.8 Å². The minimum absolute atomic E-state index is 0. The van der Waals surface area contributed by atoms with Crippen LogP contribution in [-0.4, -0.2) is 74.7 Å². The van der Waals surface area contributed by atoms with Gasteiger partial charge in [-0.1, -0.05) is 18.2 Å². The van der Waals surface area contributed by atoms with Crippen LogP contribution in [0.15, 0.2) is 29.3 Å². The van der Waals surface area contributed by atoms with Gasteiger partial charge >= 0.3 is 0 Å². The second-order valence-electron chi connectivity index (χ2n) is 8.17. The Bertz CT molecular complexity index is 603. The normalized spacial score (nSPS) is 16.8. The molecule has 0 aliphatic carbocycles. The molecular formula is C21H38IN5O. The van der Waals surface area contributed by atoms with E-state index >= 15 is 0 Å². The second kappa shape index (κ2) is 12.5. The Hall–Kier alpha value is -1.06. The van der Waals surface area contributed by atoms with Crippen LogP contribution in [0.1, 0.15) is 32.8 Å². The van der Waals surface area contributed by atoms with Crippen LogP contribution in [-0.2, 0) is 6.54 Å². The fourth-order valence-corrected chi connectivity index (χ4v) is 3.13. The summed E-state index contributed by atoms with van der Waals surface area (Å²) in [5, 5.41) is 6.83. The molecule has 0 amide bonds. The van der Waals surface area contributed by atoms with Gasteiger partial charge < -0.3 is 25.2 Å². The summed E-state index contributed by atoms with van der Waals surface area (Å²) >= 11 is 0. The number of rotatable bonds is 6. The van der Waals surface area contributed by atoms with Crippen LogP contribution in [0.5, 0.6) is 5.75 Å². The number of halogens is 1. The average molecular weight is 503 g/mol. The van der Waals surface area contributed by atoms with Crippen LogP contribution in [0.3, 0.4) is 0 Å². The lowest BCUT2D eigenvalue weighted by Gasteiger charge is -2.24. The molecule has 6 nitrogen and oxygen atoms in total. The third-order valence-corrected chi connectivity index (χ3v) is 4.59. The van der Waals surface area contributed by atoms with Gasteiger partial charge in [0.25, 0.3) is 0 Å². The number of para-hydroxylation sites is 1.